The molecule has 0 bridgehead atoms. The van der Waals surface area contributed by atoms with Gasteiger partial charge in [0.05, 0.1) is 17.4 Å². The summed E-state index contributed by atoms with van der Waals surface area (Å²) in [7, 11) is 0. The van der Waals surface area contributed by atoms with Gasteiger partial charge in [-0.05, 0) is 25.7 Å². The van der Waals surface area contributed by atoms with Crippen molar-refractivity contribution in [3.63, 3.8) is 0 Å². The number of piperidine rings is 1. The summed E-state index contributed by atoms with van der Waals surface area (Å²) in [5.74, 6) is 0.708. The Bertz CT molecular complexity index is 632. The number of carbonyl (C=O) groups is 1. The van der Waals surface area contributed by atoms with Crippen molar-refractivity contribution in [2.75, 3.05) is 13.1 Å². The first kappa shape index (κ1) is 13.0. The Morgan fingerprint density at radius 2 is 2.24 bits per heavy atom. The van der Waals surface area contributed by atoms with Crippen molar-refractivity contribution in [2.24, 2.45) is 0 Å². The van der Waals surface area contributed by atoms with Gasteiger partial charge in [0.1, 0.15) is 5.69 Å². The van der Waals surface area contributed by atoms with Gasteiger partial charge in [0, 0.05) is 36.8 Å². The Labute approximate surface area is 127 Å². The van der Waals surface area contributed by atoms with E-state index in [0.717, 1.165) is 30.9 Å². The summed E-state index contributed by atoms with van der Waals surface area (Å²) in [5, 5.41) is 3.07. The maximum absolute atomic E-state index is 12.6. The summed E-state index contributed by atoms with van der Waals surface area (Å²) in [5.41, 5.74) is 0.633. The average molecular weight is 302 g/mol. The number of imidazole rings is 1. The lowest BCUT2D eigenvalue weighted by Gasteiger charge is -2.32. The molecular weight excluding hydrogens is 284 g/mol. The second-order valence-electron chi connectivity index (χ2n) is 5.90. The van der Waals surface area contributed by atoms with Crippen molar-refractivity contribution in [1.29, 1.82) is 0 Å². The number of nitrogens with zero attached hydrogens (tertiary/aromatic N) is 4. The van der Waals surface area contributed by atoms with Gasteiger partial charge in [-0.1, -0.05) is 0 Å². The highest BCUT2D eigenvalue weighted by Crippen LogP contribution is 2.41. The lowest BCUT2D eigenvalue weighted by atomic mass is 10.1. The molecule has 110 valence electrons. The highest BCUT2D eigenvalue weighted by atomic mass is 32.1. The summed E-state index contributed by atoms with van der Waals surface area (Å²) in [6.45, 7) is 1.59. The van der Waals surface area contributed by atoms with Crippen LogP contribution in [0.2, 0.25) is 0 Å². The van der Waals surface area contributed by atoms with E-state index < -0.39 is 0 Å². The first-order valence-electron chi connectivity index (χ1n) is 7.53. The normalized spacial score (nSPS) is 22.5. The lowest BCUT2D eigenvalue weighted by Crippen LogP contribution is -2.40. The Balaban J connectivity index is 1.47. The molecule has 1 saturated heterocycles. The first-order valence-corrected chi connectivity index (χ1v) is 8.41. The lowest BCUT2D eigenvalue weighted by molar-refractivity contribution is 0.0674. The van der Waals surface area contributed by atoms with Gasteiger partial charge in [0.25, 0.3) is 5.91 Å². The zero-order chi connectivity index (χ0) is 14.2. The van der Waals surface area contributed by atoms with E-state index in [4.69, 9.17) is 0 Å². The molecule has 2 aromatic rings. The molecule has 0 N–H and O–H groups in total. The highest BCUT2D eigenvalue weighted by molar-refractivity contribution is 7.10. The van der Waals surface area contributed by atoms with Crippen molar-refractivity contribution >= 4 is 17.2 Å². The van der Waals surface area contributed by atoms with Gasteiger partial charge in [-0.25, -0.2) is 9.97 Å². The van der Waals surface area contributed by atoms with Crippen LogP contribution in [0, 0.1) is 0 Å². The van der Waals surface area contributed by atoms with E-state index in [2.05, 4.69) is 14.5 Å². The van der Waals surface area contributed by atoms with Gasteiger partial charge in [-0.3, -0.25) is 4.79 Å². The number of aromatic nitrogens is 3. The fourth-order valence-corrected chi connectivity index (χ4v) is 3.90. The van der Waals surface area contributed by atoms with E-state index in [9.17, 15) is 4.79 Å². The van der Waals surface area contributed by atoms with Crippen LogP contribution in [-0.4, -0.2) is 38.4 Å². The molecule has 2 aliphatic rings. The van der Waals surface area contributed by atoms with Crippen molar-refractivity contribution in [3.05, 3.63) is 34.8 Å². The van der Waals surface area contributed by atoms with Gasteiger partial charge in [-0.2, -0.15) is 0 Å². The van der Waals surface area contributed by atoms with Crippen LogP contribution in [0.15, 0.2) is 24.1 Å². The largest absolute Gasteiger partial charge is 0.335 e. The van der Waals surface area contributed by atoms with Crippen LogP contribution in [0.3, 0.4) is 0 Å². The molecule has 4 rings (SSSR count). The predicted octanol–water partition coefficient (Wildman–Crippen LogP) is 2.69. The number of thiazole rings is 1. The molecule has 21 heavy (non-hydrogen) atoms. The Morgan fingerprint density at radius 1 is 1.33 bits per heavy atom. The van der Waals surface area contributed by atoms with Crippen LogP contribution in [0.25, 0.3) is 0 Å². The van der Waals surface area contributed by atoms with E-state index in [1.165, 1.54) is 12.8 Å². The SMILES string of the molecule is O=C(c1csc(C2CC2)n1)N1CCC[C@@H](n2ccnc2)C1. The molecule has 0 spiro atoms. The van der Waals surface area contributed by atoms with Crippen LogP contribution in [0.1, 0.15) is 53.1 Å². The first-order chi connectivity index (χ1) is 10.3. The number of hydrogen-bond donors (Lipinski definition) is 0. The third kappa shape index (κ3) is 2.60. The van der Waals surface area contributed by atoms with E-state index in [0.29, 0.717) is 17.7 Å². The van der Waals surface area contributed by atoms with E-state index in [1.54, 1.807) is 17.5 Å². The summed E-state index contributed by atoms with van der Waals surface area (Å²) in [6, 6.07) is 0.340. The maximum atomic E-state index is 12.6. The van der Waals surface area contributed by atoms with E-state index in [-0.39, 0.29) is 5.91 Å². The Morgan fingerprint density at radius 3 is 3.00 bits per heavy atom. The summed E-state index contributed by atoms with van der Waals surface area (Å²) in [4.78, 5) is 23.2. The Kier molecular flexibility index (Phi) is 3.25. The second kappa shape index (κ2) is 5.26. The van der Waals surface area contributed by atoms with Crippen LogP contribution in [0.5, 0.6) is 0 Å². The van der Waals surface area contributed by atoms with Gasteiger partial charge < -0.3 is 9.47 Å². The average Bonchev–Trinajstić information content (AvgIpc) is 3.05. The minimum absolute atomic E-state index is 0.0861. The number of hydrogen-bond acceptors (Lipinski definition) is 4. The topological polar surface area (TPSA) is 51.0 Å². The molecule has 1 amide bonds. The standard InChI is InChI=1S/C15H18N4OS/c20-15(13-9-21-14(17-13)11-3-4-11)18-6-1-2-12(8-18)19-7-5-16-10-19/h5,7,9-12H,1-4,6,8H2/t12-/m1/s1. The minimum Gasteiger partial charge on any atom is -0.335 e. The van der Waals surface area contributed by atoms with Crippen molar-refractivity contribution in [3.8, 4) is 0 Å². The third-order valence-electron chi connectivity index (χ3n) is 4.30. The highest BCUT2D eigenvalue weighted by Gasteiger charge is 2.30. The summed E-state index contributed by atoms with van der Waals surface area (Å²) in [6.07, 6.45) is 10.2. The van der Waals surface area contributed by atoms with Crippen molar-refractivity contribution in [1.82, 2.24) is 19.4 Å². The molecule has 0 radical (unpaired) electrons. The molecule has 3 heterocycles. The van der Waals surface area contributed by atoms with Crippen LogP contribution in [-0.2, 0) is 0 Å². The monoisotopic (exact) mass is 302 g/mol. The molecule has 0 aromatic carbocycles. The number of amides is 1. The minimum atomic E-state index is 0.0861. The maximum Gasteiger partial charge on any atom is 0.273 e. The molecule has 6 heteroatoms. The van der Waals surface area contributed by atoms with Gasteiger partial charge in [-0.15, -0.1) is 11.3 Å². The summed E-state index contributed by atoms with van der Waals surface area (Å²) >= 11 is 1.64. The zero-order valence-corrected chi connectivity index (χ0v) is 12.6. The van der Waals surface area contributed by atoms with Gasteiger partial charge in [0.15, 0.2) is 0 Å². The molecule has 0 unspecified atom stereocenters. The smallest absolute Gasteiger partial charge is 0.273 e. The molecule has 5 nitrogen and oxygen atoms in total. The van der Waals surface area contributed by atoms with Crippen LogP contribution in [0.4, 0.5) is 0 Å². The fraction of sp³-hybridized carbons (Fsp3) is 0.533. The van der Waals surface area contributed by atoms with Crippen molar-refractivity contribution < 1.29 is 4.79 Å². The Hall–Kier alpha value is -1.69. The molecule has 1 atom stereocenters. The van der Waals surface area contributed by atoms with Gasteiger partial charge in [0.2, 0.25) is 0 Å². The second-order valence-corrected chi connectivity index (χ2v) is 6.79. The molecule has 2 fully saturated rings. The van der Waals surface area contributed by atoms with E-state index >= 15 is 0 Å². The third-order valence-corrected chi connectivity index (χ3v) is 5.31. The molecule has 1 aliphatic heterocycles. The number of likely N-dealkylation sites (tertiary alicyclic amines) is 1. The molecular formula is C15H18N4OS. The summed E-state index contributed by atoms with van der Waals surface area (Å²) < 4.78 is 2.11. The quantitative estimate of drug-likeness (QED) is 0.876. The zero-order valence-electron chi connectivity index (χ0n) is 11.8. The van der Waals surface area contributed by atoms with Crippen LogP contribution < -0.4 is 0 Å². The molecule has 2 aromatic heterocycles. The fourth-order valence-electron chi connectivity index (χ4n) is 2.93. The van der Waals surface area contributed by atoms with E-state index in [1.807, 2.05) is 22.8 Å². The molecule has 1 saturated carbocycles. The van der Waals surface area contributed by atoms with Crippen molar-refractivity contribution in [2.45, 2.75) is 37.6 Å². The van der Waals surface area contributed by atoms with Crippen LogP contribution >= 0.6 is 11.3 Å². The predicted molar refractivity (Wildman–Crippen MR) is 80.5 cm³/mol. The molecule has 1 aliphatic carbocycles. The van der Waals surface area contributed by atoms with Gasteiger partial charge >= 0.3 is 0 Å². The number of carbonyl (C=O) groups excluding carboxylic acids is 1. The number of rotatable bonds is 3.